The molecule has 0 atom stereocenters. The zero-order valence-electron chi connectivity index (χ0n) is 6.29. The molecule has 2 heteroatoms. The van der Waals surface area contributed by atoms with Gasteiger partial charge in [0.15, 0.2) is 0 Å². The topological polar surface area (TPSA) is 23.9 Å². The molecule has 0 unspecified atom stereocenters. The van der Waals surface area contributed by atoms with Gasteiger partial charge >= 0.3 is 0 Å². The summed E-state index contributed by atoms with van der Waals surface area (Å²) < 4.78 is 11.8. The van der Waals surface area contributed by atoms with Gasteiger partial charge in [-0.15, -0.1) is 0 Å². The standard InChI is InChI=1S/C7H14FN/c1-6(9)7(2,3)4-5-8/h9H,4-5H2,1-3H3. The molecule has 0 heterocycles. The Balaban J connectivity index is 3.85. The second kappa shape index (κ2) is 2.95. The number of hydrogen-bond acceptors (Lipinski definition) is 1. The van der Waals surface area contributed by atoms with Crippen molar-refractivity contribution < 1.29 is 4.39 Å². The number of alkyl halides is 1. The van der Waals surface area contributed by atoms with E-state index in [0.717, 1.165) is 0 Å². The third-order valence-electron chi connectivity index (χ3n) is 1.73. The van der Waals surface area contributed by atoms with Gasteiger partial charge in [0.1, 0.15) is 0 Å². The maximum atomic E-state index is 11.8. The van der Waals surface area contributed by atoms with E-state index in [2.05, 4.69) is 0 Å². The van der Waals surface area contributed by atoms with Crippen LogP contribution in [0, 0.1) is 10.8 Å². The molecule has 54 valence electrons. The zero-order valence-corrected chi connectivity index (χ0v) is 6.29. The monoisotopic (exact) mass is 131 g/mol. The Morgan fingerprint density at radius 1 is 1.56 bits per heavy atom. The summed E-state index contributed by atoms with van der Waals surface area (Å²) >= 11 is 0. The van der Waals surface area contributed by atoms with Crippen molar-refractivity contribution in [2.45, 2.75) is 27.2 Å². The van der Waals surface area contributed by atoms with E-state index in [-0.39, 0.29) is 12.1 Å². The summed E-state index contributed by atoms with van der Waals surface area (Å²) in [6, 6.07) is 0. The molecule has 0 aromatic rings. The Bertz CT molecular complexity index is 107. The van der Waals surface area contributed by atoms with Gasteiger partial charge < -0.3 is 5.41 Å². The molecule has 0 rings (SSSR count). The lowest BCUT2D eigenvalue weighted by atomic mass is 9.85. The molecule has 0 aliphatic rings. The first-order chi connectivity index (χ1) is 4.00. The molecule has 0 aliphatic carbocycles. The van der Waals surface area contributed by atoms with E-state index in [4.69, 9.17) is 5.41 Å². The van der Waals surface area contributed by atoms with Crippen LogP contribution in [0.15, 0.2) is 0 Å². The minimum atomic E-state index is -0.330. The molecule has 0 saturated heterocycles. The van der Waals surface area contributed by atoms with Crippen LogP contribution in [0.2, 0.25) is 0 Å². The number of hydrogen-bond donors (Lipinski definition) is 1. The molecule has 0 radical (unpaired) electrons. The normalized spacial score (nSPS) is 11.6. The van der Waals surface area contributed by atoms with Gasteiger partial charge in [-0.1, -0.05) is 13.8 Å². The minimum absolute atomic E-state index is 0.241. The highest BCUT2D eigenvalue weighted by Crippen LogP contribution is 2.21. The summed E-state index contributed by atoms with van der Waals surface area (Å²) in [7, 11) is 0. The SMILES string of the molecule is CC(=N)C(C)(C)CCF. The number of halogens is 1. The summed E-state index contributed by atoms with van der Waals surface area (Å²) in [5.41, 5.74) is 0.314. The van der Waals surface area contributed by atoms with Crippen molar-refractivity contribution in [1.82, 2.24) is 0 Å². The predicted molar refractivity (Wildman–Crippen MR) is 37.8 cm³/mol. The van der Waals surface area contributed by atoms with Crippen LogP contribution < -0.4 is 0 Å². The Labute approximate surface area is 55.8 Å². The Morgan fingerprint density at radius 2 is 2.00 bits per heavy atom. The molecule has 0 saturated carbocycles. The zero-order chi connectivity index (χ0) is 7.49. The van der Waals surface area contributed by atoms with Crippen molar-refractivity contribution in [1.29, 1.82) is 5.41 Å². The lowest BCUT2D eigenvalue weighted by molar-refractivity contribution is 0.371. The molecule has 0 aromatic carbocycles. The van der Waals surface area contributed by atoms with E-state index in [0.29, 0.717) is 12.1 Å². The fourth-order valence-electron chi connectivity index (χ4n) is 0.424. The maximum absolute atomic E-state index is 11.8. The van der Waals surface area contributed by atoms with E-state index in [1.807, 2.05) is 13.8 Å². The van der Waals surface area contributed by atoms with E-state index >= 15 is 0 Å². The molecule has 0 bridgehead atoms. The molecule has 0 aliphatic heterocycles. The largest absolute Gasteiger partial charge is 0.309 e. The lowest BCUT2D eigenvalue weighted by Gasteiger charge is -2.21. The van der Waals surface area contributed by atoms with Crippen molar-refractivity contribution in [3.63, 3.8) is 0 Å². The van der Waals surface area contributed by atoms with Crippen molar-refractivity contribution in [2.24, 2.45) is 5.41 Å². The Hall–Kier alpha value is -0.400. The molecule has 0 fully saturated rings. The highest BCUT2D eigenvalue weighted by molar-refractivity contribution is 5.84. The van der Waals surface area contributed by atoms with Crippen LogP contribution in [0.3, 0.4) is 0 Å². The fourth-order valence-corrected chi connectivity index (χ4v) is 0.424. The Kier molecular flexibility index (Phi) is 2.82. The van der Waals surface area contributed by atoms with Gasteiger partial charge in [-0.25, -0.2) is 0 Å². The quantitative estimate of drug-likeness (QED) is 0.569. The summed E-state index contributed by atoms with van der Waals surface area (Å²) in [5.74, 6) is 0. The molecular formula is C7H14FN. The third-order valence-corrected chi connectivity index (χ3v) is 1.73. The van der Waals surface area contributed by atoms with Gasteiger partial charge in [0.05, 0.1) is 6.67 Å². The van der Waals surface area contributed by atoms with Crippen LogP contribution in [0.4, 0.5) is 4.39 Å². The van der Waals surface area contributed by atoms with Gasteiger partial charge in [-0.05, 0) is 13.3 Å². The van der Waals surface area contributed by atoms with Crippen molar-refractivity contribution >= 4 is 5.71 Å². The summed E-state index contributed by atoms with van der Waals surface area (Å²) in [4.78, 5) is 0. The molecule has 0 aromatic heterocycles. The lowest BCUT2D eigenvalue weighted by Crippen LogP contribution is -2.21. The van der Waals surface area contributed by atoms with Crippen LogP contribution in [-0.2, 0) is 0 Å². The summed E-state index contributed by atoms with van der Waals surface area (Å²) in [6.45, 7) is 5.16. The highest BCUT2D eigenvalue weighted by atomic mass is 19.1. The van der Waals surface area contributed by atoms with Crippen LogP contribution in [0.1, 0.15) is 27.2 Å². The van der Waals surface area contributed by atoms with Gasteiger partial charge in [0.25, 0.3) is 0 Å². The minimum Gasteiger partial charge on any atom is -0.309 e. The molecule has 0 amide bonds. The van der Waals surface area contributed by atoms with E-state index in [1.54, 1.807) is 6.92 Å². The average Bonchev–Trinajstić information content (AvgIpc) is 1.65. The van der Waals surface area contributed by atoms with Crippen LogP contribution in [0.5, 0.6) is 0 Å². The van der Waals surface area contributed by atoms with Crippen LogP contribution >= 0.6 is 0 Å². The molecule has 1 nitrogen and oxygen atoms in total. The van der Waals surface area contributed by atoms with Crippen LogP contribution in [-0.4, -0.2) is 12.4 Å². The fraction of sp³-hybridized carbons (Fsp3) is 0.857. The average molecular weight is 131 g/mol. The van der Waals surface area contributed by atoms with Crippen LogP contribution in [0.25, 0.3) is 0 Å². The van der Waals surface area contributed by atoms with Gasteiger partial charge in [-0.2, -0.15) is 0 Å². The van der Waals surface area contributed by atoms with Gasteiger partial charge in [0.2, 0.25) is 0 Å². The molecule has 0 spiro atoms. The summed E-state index contributed by atoms with van der Waals surface area (Å²) in [5, 5.41) is 7.23. The maximum Gasteiger partial charge on any atom is 0.0903 e. The van der Waals surface area contributed by atoms with Gasteiger partial charge in [-0.3, -0.25) is 4.39 Å². The van der Waals surface area contributed by atoms with E-state index < -0.39 is 0 Å². The first-order valence-electron chi connectivity index (χ1n) is 3.12. The first-order valence-corrected chi connectivity index (χ1v) is 3.12. The highest BCUT2D eigenvalue weighted by Gasteiger charge is 2.19. The predicted octanol–water partition coefficient (Wildman–Crippen LogP) is 2.41. The molecule has 9 heavy (non-hydrogen) atoms. The molecule has 1 N–H and O–H groups in total. The smallest absolute Gasteiger partial charge is 0.0903 e. The molecular weight excluding hydrogens is 117 g/mol. The number of nitrogens with one attached hydrogen (secondary N) is 1. The second-order valence-corrected chi connectivity index (χ2v) is 2.95. The van der Waals surface area contributed by atoms with Crippen molar-refractivity contribution in [2.75, 3.05) is 6.67 Å². The van der Waals surface area contributed by atoms with Crippen molar-refractivity contribution in [3.8, 4) is 0 Å². The van der Waals surface area contributed by atoms with E-state index in [9.17, 15) is 4.39 Å². The summed E-state index contributed by atoms with van der Waals surface area (Å²) in [6.07, 6.45) is 0.461. The second-order valence-electron chi connectivity index (χ2n) is 2.95. The Morgan fingerprint density at radius 3 is 2.11 bits per heavy atom. The van der Waals surface area contributed by atoms with E-state index in [1.165, 1.54) is 0 Å². The van der Waals surface area contributed by atoms with Crippen molar-refractivity contribution in [3.05, 3.63) is 0 Å². The number of rotatable bonds is 3. The first kappa shape index (κ1) is 8.60. The van der Waals surface area contributed by atoms with Gasteiger partial charge in [0, 0.05) is 11.1 Å². The third kappa shape index (κ3) is 2.59.